The van der Waals surface area contributed by atoms with Gasteiger partial charge in [-0.2, -0.15) is 5.26 Å². The van der Waals surface area contributed by atoms with E-state index in [2.05, 4.69) is 22.0 Å². The third kappa shape index (κ3) is 5.75. The molecule has 0 atom stereocenters. The summed E-state index contributed by atoms with van der Waals surface area (Å²) in [4.78, 5) is 15.9. The summed E-state index contributed by atoms with van der Waals surface area (Å²) in [5, 5.41) is 18.2. The molecule has 3 aromatic carbocycles. The fraction of sp³-hybridized carbons (Fsp3) is 0.115. The van der Waals surface area contributed by atoms with Gasteiger partial charge in [0.2, 0.25) is 0 Å². The molecule has 0 saturated heterocycles. The molecule has 1 N–H and O–H groups in total. The molecule has 0 aliphatic rings. The molecule has 0 amide bonds. The Kier molecular flexibility index (Phi) is 6.98. The van der Waals surface area contributed by atoms with Crippen LogP contribution in [0.4, 0.5) is 0 Å². The van der Waals surface area contributed by atoms with Gasteiger partial charge in [-0.05, 0) is 47.5 Å². The fourth-order valence-electron chi connectivity index (χ4n) is 3.44. The van der Waals surface area contributed by atoms with E-state index in [1.165, 1.54) is 0 Å². The largest absolute Gasteiger partial charge is 0.478 e. The van der Waals surface area contributed by atoms with E-state index in [9.17, 15) is 4.79 Å². The molecule has 0 fully saturated rings. The van der Waals surface area contributed by atoms with Crippen LogP contribution in [0.1, 0.15) is 32.7 Å². The first-order valence-electron chi connectivity index (χ1n) is 10.2. The topological polar surface area (TPSA) is 88.1 Å². The Morgan fingerprint density at radius 2 is 1.79 bits per heavy atom. The van der Waals surface area contributed by atoms with E-state index in [0.717, 1.165) is 32.7 Å². The van der Waals surface area contributed by atoms with Crippen molar-refractivity contribution in [1.82, 2.24) is 9.55 Å². The van der Waals surface area contributed by atoms with Gasteiger partial charge in [-0.15, -0.1) is 0 Å². The van der Waals surface area contributed by atoms with Crippen LogP contribution in [0.5, 0.6) is 0 Å². The number of carbonyl (C=O) groups is 1. The maximum Gasteiger partial charge on any atom is 0.335 e. The molecule has 1 heterocycles. The lowest BCUT2D eigenvalue weighted by Crippen LogP contribution is -2.02. The molecular formula is C26H20BrN3O3. The Hall–Kier alpha value is -3.73. The maximum absolute atomic E-state index is 11.1. The van der Waals surface area contributed by atoms with Crippen molar-refractivity contribution in [3.8, 4) is 17.5 Å². The maximum atomic E-state index is 11.1. The number of aromatic nitrogens is 2. The Balaban J connectivity index is 1.54. The summed E-state index contributed by atoms with van der Waals surface area (Å²) >= 11 is 3.47. The van der Waals surface area contributed by atoms with Gasteiger partial charge in [0.1, 0.15) is 5.82 Å². The first kappa shape index (κ1) is 22.5. The minimum absolute atomic E-state index is 0.257. The van der Waals surface area contributed by atoms with Crippen LogP contribution in [0.3, 0.4) is 0 Å². The molecule has 0 radical (unpaired) electrons. The smallest absolute Gasteiger partial charge is 0.335 e. The van der Waals surface area contributed by atoms with Gasteiger partial charge in [-0.1, -0.05) is 52.3 Å². The molecule has 4 aromatic rings. The van der Waals surface area contributed by atoms with E-state index >= 15 is 0 Å². The van der Waals surface area contributed by atoms with Gasteiger partial charge in [0, 0.05) is 22.8 Å². The number of carboxylic acids is 1. The summed E-state index contributed by atoms with van der Waals surface area (Å²) in [5.74, 6) is -0.144. The Labute approximate surface area is 199 Å². The second kappa shape index (κ2) is 10.3. The molecule has 164 valence electrons. The number of hydrogen-bond acceptors (Lipinski definition) is 4. The molecule has 0 spiro atoms. The van der Waals surface area contributed by atoms with Crippen LogP contribution >= 0.6 is 15.9 Å². The van der Waals surface area contributed by atoms with E-state index in [-0.39, 0.29) is 5.56 Å². The summed E-state index contributed by atoms with van der Waals surface area (Å²) in [6.45, 7) is 1.25. The average Bonchev–Trinajstić information content (AvgIpc) is 3.22. The quantitative estimate of drug-likeness (QED) is 0.337. The number of aromatic carboxylic acids is 1. The monoisotopic (exact) mass is 501 g/mol. The summed E-state index contributed by atoms with van der Waals surface area (Å²) in [7, 11) is 0. The zero-order chi connectivity index (χ0) is 23.2. The van der Waals surface area contributed by atoms with Crippen molar-refractivity contribution in [3.63, 3.8) is 0 Å². The van der Waals surface area contributed by atoms with Crippen molar-refractivity contribution in [2.45, 2.75) is 19.8 Å². The van der Waals surface area contributed by atoms with Gasteiger partial charge < -0.3 is 14.4 Å². The van der Waals surface area contributed by atoms with E-state index < -0.39 is 5.97 Å². The van der Waals surface area contributed by atoms with Gasteiger partial charge in [0.05, 0.1) is 36.1 Å². The predicted molar refractivity (Wildman–Crippen MR) is 128 cm³/mol. The van der Waals surface area contributed by atoms with Crippen LogP contribution in [0.2, 0.25) is 0 Å². The van der Waals surface area contributed by atoms with Crippen LogP contribution in [0.25, 0.3) is 11.4 Å². The Bertz CT molecular complexity index is 1310. The van der Waals surface area contributed by atoms with Crippen molar-refractivity contribution in [2.24, 2.45) is 0 Å². The lowest BCUT2D eigenvalue weighted by molar-refractivity contribution is 0.0697. The van der Waals surface area contributed by atoms with Crippen molar-refractivity contribution >= 4 is 21.9 Å². The molecular weight excluding hydrogens is 482 g/mol. The fourth-order valence-corrected chi connectivity index (χ4v) is 3.71. The highest BCUT2D eigenvalue weighted by Crippen LogP contribution is 2.23. The molecule has 6 nitrogen and oxygen atoms in total. The van der Waals surface area contributed by atoms with Gasteiger partial charge >= 0.3 is 5.97 Å². The molecule has 0 aliphatic carbocycles. The first-order chi connectivity index (χ1) is 16.0. The standard InChI is InChI=1S/C26H20BrN3O3/c27-23-10-8-21(9-11-23)25-29-24(17-33-16-20-3-1-2-19(12-20)13-28)15-30(25)14-18-4-6-22(7-5-18)26(31)32/h1-12,15H,14,16-17H2,(H,31,32). The van der Waals surface area contributed by atoms with Crippen LogP contribution in [-0.2, 0) is 24.5 Å². The second-order valence-corrected chi connectivity index (χ2v) is 8.41. The van der Waals surface area contributed by atoms with Crippen LogP contribution in [0.15, 0.2) is 83.5 Å². The van der Waals surface area contributed by atoms with Crippen molar-refractivity contribution in [1.29, 1.82) is 5.26 Å². The highest BCUT2D eigenvalue weighted by molar-refractivity contribution is 9.10. The number of nitriles is 1. The number of carboxylic acid groups (broad SMARTS) is 1. The van der Waals surface area contributed by atoms with Gasteiger partial charge in [-0.25, -0.2) is 9.78 Å². The highest BCUT2D eigenvalue weighted by Gasteiger charge is 2.12. The van der Waals surface area contributed by atoms with Crippen LogP contribution in [-0.4, -0.2) is 20.6 Å². The number of benzene rings is 3. The molecule has 0 aliphatic heterocycles. The third-order valence-corrected chi connectivity index (χ3v) is 5.59. The third-order valence-electron chi connectivity index (χ3n) is 5.06. The normalized spacial score (nSPS) is 10.7. The highest BCUT2D eigenvalue weighted by atomic mass is 79.9. The average molecular weight is 502 g/mol. The van der Waals surface area contributed by atoms with Gasteiger partial charge in [0.15, 0.2) is 0 Å². The predicted octanol–water partition coefficient (Wildman–Crippen LogP) is 5.65. The minimum atomic E-state index is -0.945. The zero-order valence-electron chi connectivity index (χ0n) is 17.6. The zero-order valence-corrected chi connectivity index (χ0v) is 19.2. The van der Waals surface area contributed by atoms with E-state index in [1.54, 1.807) is 18.2 Å². The minimum Gasteiger partial charge on any atom is -0.478 e. The lowest BCUT2D eigenvalue weighted by Gasteiger charge is -2.08. The summed E-state index contributed by atoms with van der Waals surface area (Å²) in [6.07, 6.45) is 1.95. The second-order valence-electron chi connectivity index (χ2n) is 7.50. The van der Waals surface area contributed by atoms with Crippen molar-refractivity contribution in [2.75, 3.05) is 0 Å². The van der Waals surface area contributed by atoms with Crippen molar-refractivity contribution < 1.29 is 14.6 Å². The number of rotatable bonds is 8. The number of hydrogen-bond donors (Lipinski definition) is 1. The molecule has 7 heteroatoms. The van der Waals surface area contributed by atoms with E-state index in [4.69, 9.17) is 20.1 Å². The Morgan fingerprint density at radius 3 is 2.48 bits per heavy atom. The van der Waals surface area contributed by atoms with Crippen LogP contribution < -0.4 is 0 Å². The molecule has 0 saturated carbocycles. The van der Waals surface area contributed by atoms with Gasteiger partial charge in [0.25, 0.3) is 0 Å². The molecule has 4 rings (SSSR count). The van der Waals surface area contributed by atoms with Crippen molar-refractivity contribution in [3.05, 3.63) is 111 Å². The summed E-state index contributed by atoms with van der Waals surface area (Å²) in [5.41, 5.74) is 4.51. The number of ether oxygens (including phenoxy) is 1. The summed E-state index contributed by atoms with van der Waals surface area (Å²) < 4.78 is 8.88. The number of nitrogens with zero attached hydrogens (tertiary/aromatic N) is 3. The molecule has 0 unspecified atom stereocenters. The SMILES string of the molecule is N#Cc1cccc(COCc2cn(Cc3ccc(C(=O)O)cc3)c(-c3ccc(Br)cc3)n2)c1. The number of imidazole rings is 1. The molecule has 0 bridgehead atoms. The van der Waals surface area contributed by atoms with E-state index in [0.29, 0.717) is 25.3 Å². The van der Waals surface area contributed by atoms with E-state index in [1.807, 2.05) is 65.4 Å². The number of halogens is 1. The van der Waals surface area contributed by atoms with Gasteiger partial charge in [-0.3, -0.25) is 0 Å². The lowest BCUT2D eigenvalue weighted by atomic mass is 10.1. The first-order valence-corrected chi connectivity index (χ1v) is 11.0. The Morgan fingerprint density at radius 1 is 1.03 bits per heavy atom. The summed E-state index contributed by atoms with van der Waals surface area (Å²) in [6, 6.07) is 24.2. The molecule has 1 aromatic heterocycles. The molecule has 33 heavy (non-hydrogen) atoms. The van der Waals surface area contributed by atoms with Crippen LogP contribution in [0, 0.1) is 11.3 Å².